The van der Waals surface area contributed by atoms with Crippen LogP contribution in [0.3, 0.4) is 0 Å². The van der Waals surface area contributed by atoms with Gasteiger partial charge in [-0.05, 0) is 49.7 Å². The number of carbonyl (C=O) groups is 1. The average Bonchev–Trinajstić information content (AvgIpc) is 3.08. The molecule has 1 aliphatic rings. The Bertz CT molecular complexity index is 857. The summed E-state index contributed by atoms with van der Waals surface area (Å²) in [7, 11) is 4.60. The Morgan fingerprint density at radius 1 is 1.00 bits per heavy atom. The molecule has 1 fully saturated rings. The number of benzene rings is 2. The summed E-state index contributed by atoms with van der Waals surface area (Å²) in [5.41, 5.74) is 1.49. The highest BCUT2D eigenvalue weighted by atomic mass is 35.5. The van der Waals surface area contributed by atoms with E-state index in [1.807, 2.05) is 24.3 Å². The van der Waals surface area contributed by atoms with Gasteiger partial charge in [-0.25, -0.2) is 0 Å². The summed E-state index contributed by atoms with van der Waals surface area (Å²) >= 11 is 6.54. The van der Waals surface area contributed by atoms with Gasteiger partial charge in [0.05, 0.1) is 27.4 Å². The SMILES string of the molecule is COc1cc(C(=O)NCC(c2ccccc2Cl)N2CCCCCC2)cc(OC)c1OC. The summed E-state index contributed by atoms with van der Waals surface area (Å²) in [5, 5.41) is 3.81. The summed E-state index contributed by atoms with van der Waals surface area (Å²) in [5.74, 6) is 1.15. The molecule has 7 heteroatoms. The van der Waals surface area contributed by atoms with E-state index in [4.69, 9.17) is 25.8 Å². The number of hydrogen-bond acceptors (Lipinski definition) is 5. The lowest BCUT2D eigenvalue weighted by Gasteiger charge is -2.32. The first kappa shape index (κ1) is 23.2. The molecular formula is C24H31ClN2O4. The van der Waals surface area contributed by atoms with Crippen LogP contribution in [0.25, 0.3) is 0 Å². The normalized spacial score (nSPS) is 15.6. The van der Waals surface area contributed by atoms with Crippen molar-refractivity contribution in [2.45, 2.75) is 31.7 Å². The smallest absolute Gasteiger partial charge is 0.251 e. The third-order valence-electron chi connectivity index (χ3n) is 5.73. The number of amides is 1. The van der Waals surface area contributed by atoms with Crippen molar-refractivity contribution in [1.82, 2.24) is 10.2 Å². The molecular weight excluding hydrogens is 416 g/mol. The molecule has 0 spiro atoms. The van der Waals surface area contributed by atoms with Crippen LogP contribution < -0.4 is 19.5 Å². The summed E-state index contributed by atoms with van der Waals surface area (Å²) in [4.78, 5) is 15.5. The molecule has 1 unspecified atom stereocenters. The molecule has 0 radical (unpaired) electrons. The Balaban J connectivity index is 1.82. The van der Waals surface area contributed by atoms with Gasteiger partial charge >= 0.3 is 0 Å². The molecule has 1 amide bonds. The fourth-order valence-corrected chi connectivity index (χ4v) is 4.35. The molecule has 6 nitrogen and oxygen atoms in total. The van der Waals surface area contributed by atoms with Crippen molar-refractivity contribution in [3.8, 4) is 17.2 Å². The van der Waals surface area contributed by atoms with Crippen LogP contribution in [0, 0.1) is 0 Å². The van der Waals surface area contributed by atoms with E-state index in [-0.39, 0.29) is 11.9 Å². The van der Waals surface area contributed by atoms with Crippen molar-refractivity contribution < 1.29 is 19.0 Å². The van der Waals surface area contributed by atoms with E-state index in [1.165, 1.54) is 34.2 Å². The number of halogens is 1. The minimum atomic E-state index is -0.203. The summed E-state index contributed by atoms with van der Waals surface area (Å²) in [6.45, 7) is 2.45. The Morgan fingerprint density at radius 2 is 1.61 bits per heavy atom. The van der Waals surface area contributed by atoms with Gasteiger partial charge in [-0.3, -0.25) is 9.69 Å². The van der Waals surface area contributed by atoms with Crippen LogP contribution in [0.4, 0.5) is 0 Å². The largest absolute Gasteiger partial charge is 0.493 e. The lowest BCUT2D eigenvalue weighted by atomic mass is 10.0. The summed E-state index contributed by atoms with van der Waals surface area (Å²) in [6.07, 6.45) is 4.79. The van der Waals surface area contributed by atoms with Crippen molar-refractivity contribution >= 4 is 17.5 Å². The highest BCUT2D eigenvalue weighted by molar-refractivity contribution is 6.31. The molecule has 31 heavy (non-hydrogen) atoms. The average molecular weight is 447 g/mol. The lowest BCUT2D eigenvalue weighted by Crippen LogP contribution is -2.38. The third-order valence-corrected chi connectivity index (χ3v) is 6.07. The van der Waals surface area contributed by atoms with Crippen molar-refractivity contribution in [2.24, 2.45) is 0 Å². The zero-order chi connectivity index (χ0) is 22.2. The van der Waals surface area contributed by atoms with Crippen LogP contribution in [0.5, 0.6) is 17.2 Å². The number of methoxy groups -OCH3 is 3. The fraction of sp³-hybridized carbons (Fsp3) is 0.458. The number of ether oxygens (including phenoxy) is 3. The van der Waals surface area contributed by atoms with Crippen LogP contribution in [-0.2, 0) is 0 Å². The van der Waals surface area contributed by atoms with E-state index in [1.54, 1.807) is 12.1 Å². The van der Waals surface area contributed by atoms with Gasteiger partial charge < -0.3 is 19.5 Å². The summed E-state index contributed by atoms with van der Waals surface area (Å²) in [6, 6.07) is 11.2. The van der Waals surface area contributed by atoms with E-state index in [9.17, 15) is 4.79 Å². The number of nitrogens with zero attached hydrogens (tertiary/aromatic N) is 1. The molecule has 0 aromatic heterocycles. The molecule has 2 aromatic carbocycles. The van der Waals surface area contributed by atoms with Gasteiger partial charge in [0.25, 0.3) is 5.91 Å². The fourth-order valence-electron chi connectivity index (χ4n) is 4.09. The molecule has 1 atom stereocenters. The highest BCUT2D eigenvalue weighted by Crippen LogP contribution is 2.38. The Hall–Kier alpha value is -2.44. The highest BCUT2D eigenvalue weighted by Gasteiger charge is 2.25. The monoisotopic (exact) mass is 446 g/mol. The molecule has 1 heterocycles. The van der Waals surface area contributed by atoms with Crippen molar-refractivity contribution in [3.05, 3.63) is 52.5 Å². The molecule has 1 N–H and O–H groups in total. The molecule has 0 aliphatic carbocycles. The molecule has 3 rings (SSSR count). The van der Waals surface area contributed by atoms with E-state index in [0.717, 1.165) is 36.5 Å². The van der Waals surface area contributed by atoms with Crippen LogP contribution in [0.1, 0.15) is 47.6 Å². The summed E-state index contributed by atoms with van der Waals surface area (Å²) < 4.78 is 16.1. The van der Waals surface area contributed by atoms with Gasteiger partial charge in [-0.1, -0.05) is 42.6 Å². The van der Waals surface area contributed by atoms with Crippen molar-refractivity contribution in [2.75, 3.05) is 41.0 Å². The first-order chi connectivity index (χ1) is 15.1. The Morgan fingerprint density at radius 3 is 2.16 bits per heavy atom. The maximum absolute atomic E-state index is 13.0. The number of nitrogens with one attached hydrogen (secondary N) is 1. The quantitative estimate of drug-likeness (QED) is 0.636. The van der Waals surface area contributed by atoms with E-state index >= 15 is 0 Å². The van der Waals surface area contributed by atoms with Gasteiger partial charge in [0.1, 0.15) is 0 Å². The van der Waals surface area contributed by atoms with Gasteiger partial charge in [-0.15, -0.1) is 0 Å². The van der Waals surface area contributed by atoms with Gasteiger partial charge in [0.2, 0.25) is 5.75 Å². The second-order valence-electron chi connectivity index (χ2n) is 7.61. The maximum atomic E-state index is 13.0. The standard InChI is InChI=1S/C24H31ClN2O4/c1-29-21-14-17(15-22(30-2)23(21)31-3)24(28)26-16-20(18-10-6-7-11-19(18)25)27-12-8-4-5-9-13-27/h6-7,10-11,14-15,20H,4-5,8-9,12-13,16H2,1-3H3,(H,26,28). The molecule has 168 valence electrons. The predicted octanol–water partition coefficient (Wildman–Crippen LogP) is 4.71. The van der Waals surface area contributed by atoms with Crippen LogP contribution in [0.15, 0.2) is 36.4 Å². The molecule has 1 saturated heterocycles. The number of rotatable bonds is 8. The van der Waals surface area contributed by atoms with Crippen LogP contribution in [0.2, 0.25) is 5.02 Å². The number of likely N-dealkylation sites (tertiary alicyclic amines) is 1. The lowest BCUT2D eigenvalue weighted by molar-refractivity contribution is 0.0932. The maximum Gasteiger partial charge on any atom is 0.251 e. The number of hydrogen-bond donors (Lipinski definition) is 1. The van der Waals surface area contributed by atoms with Crippen molar-refractivity contribution in [1.29, 1.82) is 0 Å². The molecule has 2 aromatic rings. The van der Waals surface area contributed by atoms with E-state index in [2.05, 4.69) is 10.2 Å². The van der Waals surface area contributed by atoms with Gasteiger partial charge in [-0.2, -0.15) is 0 Å². The Labute approximate surface area is 189 Å². The second kappa shape index (κ2) is 11.3. The van der Waals surface area contributed by atoms with Crippen LogP contribution in [-0.4, -0.2) is 51.8 Å². The van der Waals surface area contributed by atoms with E-state index in [0.29, 0.717) is 29.4 Å². The van der Waals surface area contributed by atoms with Gasteiger partial charge in [0.15, 0.2) is 11.5 Å². The third kappa shape index (κ3) is 5.63. The zero-order valence-electron chi connectivity index (χ0n) is 18.4. The molecule has 0 saturated carbocycles. The van der Waals surface area contributed by atoms with Gasteiger partial charge in [0, 0.05) is 17.1 Å². The molecule has 0 bridgehead atoms. The topological polar surface area (TPSA) is 60.0 Å². The number of carbonyl (C=O) groups excluding carboxylic acids is 1. The minimum absolute atomic E-state index is 0.0118. The molecule has 1 aliphatic heterocycles. The first-order valence-corrected chi connectivity index (χ1v) is 11.0. The zero-order valence-corrected chi connectivity index (χ0v) is 19.2. The first-order valence-electron chi connectivity index (χ1n) is 10.7. The Kier molecular flexibility index (Phi) is 8.43. The predicted molar refractivity (Wildman–Crippen MR) is 123 cm³/mol. The van der Waals surface area contributed by atoms with E-state index < -0.39 is 0 Å². The van der Waals surface area contributed by atoms with Crippen LogP contribution >= 0.6 is 11.6 Å². The second-order valence-corrected chi connectivity index (χ2v) is 8.02. The minimum Gasteiger partial charge on any atom is -0.493 e. The van der Waals surface area contributed by atoms with Crippen molar-refractivity contribution in [3.63, 3.8) is 0 Å².